The molecule has 0 saturated heterocycles. The number of sulfonamides is 1. The minimum Gasteiger partial charge on any atom is -0.497 e. The van der Waals surface area contributed by atoms with Crippen molar-refractivity contribution in [2.24, 2.45) is 0 Å². The molecule has 6 nitrogen and oxygen atoms in total. The zero-order chi connectivity index (χ0) is 18.2. The first kappa shape index (κ1) is 17.3. The Bertz CT molecular complexity index is 907. The summed E-state index contributed by atoms with van der Waals surface area (Å²) < 4.78 is 32.2. The Morgan fingerprint density at radius 3 is 2.44 bits per heavy atom. The average molecular weight is 360 g/mol. The molecule has 1 heterocycles. The smallest absolute Gasteiger partial charge is 0.264 e. The number of rotatable bonds is 4. The van der Waals surface area contributed by atoms with Crippen LogP contribution in [-0.2, 0) is 21.2 Å². The predicted molar refractivity (Wildman–Crippen MR) is 96.8 cm³/mol. The molecular weight excluding hydrogens is 340 g/mol. The molecule has 1 amide bonds. The van der Waals surface area contributed by atoms with Gasteiger partial charge < -0.3 is 9.64 Å². The summed E-state index contributed by atoms with van der Waals surface area (Å²) in [6, 6.07) is 11.7. The standard InChI is InChI=1S/C18H20N2O4S/c1-13(21)20-11-10-14-12-17(8-9-18(14)20)25(22,23)19(2)15-4-6-16(24-3)7-5-15/h4-9,12H,10-11H2,1-3H3. The number of carbonyl (C=O) groups is 1. The van der Waals surface area contributed by atoms with Gasteiger partial charge in [0.2, 0.25) is 5.91 Å². The number of benzene rings is 2. The lowest BCUT2D eigenvalue weighted by Gasteiger charge is -2.20. The summed E-state index contributed by atoms with van der Waals surface area (Å²) in [5.74, 6) is 0.626. The van der Waals surface area contributed by atoms with E-state index < -0.39 is 10.0 Å². The van der Waals surface area contributed by atoms with Crippen molar-refractivity contribution in [3.05, 3.63) is 48.0 Å². The van der Waals surface area contributed by atoms with Crippen molar-refractivity contribution in [1.82, 2.24) is 0 Å². The van der Waals surface area contributed by atoms with Crippen molar-refractivity contribution in [1.29, 1.82) is 0 Å². The third-order valence-electron chi connectivity index (χ3n) is 4.42. The van der Waals surface area contributed by atoms with Crippen LogP contribution in [0.15, 0.2) is 47.4 Å². The van der Waals surface area contributed by atoms with Crippen molar-refractivity contribution >= 4 is 27.3 Å². The molecule has 25 heavy (non-hydrogen) atoms. The van der Waals surface area contributed by atoms with Gasteiger partial charge in [-0.05, 0) is 54.4 Å². The van der Waals surface area contributed by atoms with E-state index in [2.05, 4.69) is 0 Å². The Labute approximate surface area is 147 Å². The summed E-state index contributed by atoms with van der Waals surface area (Å²) in [5.41, 5.74) is 2.21. The normalized spacial score (nSPS) is 13.5. The molecule has 2 aromatic carbocycles. The molecule has 0 atom stereocenters. The topological polar surface area (TPSA) is 66.9 Å². The Balaban J connectivity index is 1.93. The summed E-state index contributed by atoms with van der Waals surface area (Å²) in [6.45, 7) is 2.10. The monoisotopic (exact) mass is 360 g/mol. The van der Waals surface area contributed by atoms with Crippen molar-refractivity contribution in [3.8, 4) is 5.75 Å². The van der Waals surface area contributed by atoms with Crippen molar-refractivity contribution < 1.29 is 17.9 Å². The highest BCUT2D eigenvalue weighted by atomic mass is 32.2. The highest BCUT2D eigenvalue weighted by molar-refractivity contribution is 7.92. The van der Waals surface area contributed by atoms with Crippen molar-refractivity contribution in [2.75, 3.05) is 29.9 Å². The lowest BCUT2D eigenvalue weighted by atomic mass is 10.2. The van der Waals surface area contributed by atoms with Gasteiger partial charge in [0.1, 0.15) is 5.75 Å². The van der Waals surface area contributed by atoms with Crippen molar-refractivity contribution in [2.45, 2.75) is 18.2 Å². The second-order valence-electron chi connectivity index (χ2n) is 5.88. The van der Waals surface area contributed by atoms with Crippen LogP contribution in [0.25, 0.3) is 0 Å². The van der Waals surface area contributed by atoms with Gasteiger partial charge >= 0.3 is 0 Å². The largest absolute Gasteiger partial charge is 0.497 e. The molecule has 0 spiro atoms. The second-order valence-corrected chi connectivity index (χ2v) is 7.85. The molecule has 0 bridgehead atoms. The van der Waals surface area contributed by atoms with Crippen LogP contribution in [-0.4, -0.2) is 35.0 Å². The maximum atomic E-state index is 12.9. The molecule has 2 aromatic rings. The van der Waals surface area contributed by atoms with Crippen LogP contribution in [0.5, 0.6) is 5.75 Å². The molecule has 7 heteroatoms. The molecule has 1 aliphatic heterocycles. The third kappa shape index (κ3) is 3.07. The first-order valence-electron chi connectivity index (χ1n) is 7.88. The fourth-order valence-electron chi connectivity index (χ4n) is 2.95. The van der Waals surface area contributed by atoms with Gasteiger partial charge in [0.05, 0.1) is 17.7 Å². The minimum atomic E-state index is -3.68. The molecule has 1 aliphatic rings. The van der Waals surface area contributed by atoms with Gasteiger partial charge in [-0.25, -0.2) is 8.42 Å². The van der Waals surface area contributed by atoms with E-state index in [0.29, 0.717) is 24.4 Å². The first-order valence-corrected chi connectivity index (χ1v) is 9.32. The number of hydrogen-bond acceptors (Lipinski definition) is 4. The molecule has 0 aromatic heterocycles. The zero-order valence-electron chi connectivity index (χ0n) is 14.4. The fourth-order valence-corrected chi connectivity index (χ4v) is 4.20. The van der Waals surface area contributed by atoms with Crippen LogP contribution in [0.3, 0.4) is 0 Å². The number of carbonyl (C=O) groups excluding carboxylic acids is 1. The first-order chi connectivity index (χ1) is 11.8. The summed E-state index contributed by atoms with van der Waals surface area (Å²) in [7, 11) is -0.602. The van der Waals surface area contributed by atoms with E-state index in [1.54, 1.807) is 54.5 Å². The van der Waals surface area contributed by atoms with Gasteiger partial charge in [-0.3, -0.25) is 9.10 Å². The molecule has 0 N–H and O–H groups in total. The molecular formula is C18H20N2O4S. The van der Waals surface area contributed by atoms with E-state index in [4.69, 9.17) is 4.74 Å². The highest BCUT2D eigenvalue weighted by Crippen LogP contribution is 2.32. The number of fused-ring (bicyclic) bond motifs is 1. The van der Waals surface area contributed by atoms with Crippen LogP contribution in [0.1, 0.15) is 12.5 Å². The summed E-state index contributed by atoms with van der Waals surface area (Å²) in [5, 5.41) is 0. The second kappa shape index (κ2) is 6.40. The Hall–Kier alpha value is -2.54. The lowest BCUT2D eigenvalue weighted by Crippen LogP contribution is -2.27. The summed E-state index contributed by atoms with van der Waals surface area (Å²) >= 11 is 0. The maximum absolute atomic E-state index is 12.9. The molecule has 0 unspecified atom stereocenters. The van der Waals surface area contributed by atoms with E-state index in [0.717, 1.165) is 11.3 Å². The Morgan fingerprint density at radius 2 is 1.84 bits per heavy atom. The average Bonchev–Trinajstić information content (AvgIpc) is 3.04. The number of ether oxygens (including phenoxy) is 1. The number of anilines is 2. The number of nitrogens with zero attached hydrogens (tertiary/aromatic N) is 2. The van der Waals surface area contributed by atoms with Gasteiger partial charge in [-0.15, -0.1) is 0 Å². The molecule has 0 fully saturated rings. The van der Waals surface area contributed by atoms with E-state index in [1.807, 2.05) is 0 Å². The predicted octanol–water partition coefficient (Wildman–Crippen LogP) is 2.43. The van der Waals surface area contributed by atoms with Gasteiger partial charge in [0, 0.05) is 26.2 Å². The molecule has 0 radical (unpaired) electrons. The van der Waals surface area contributed by atoms with Crippen LogP contribution in [0.2, 0.25) is 0 Å². The van der Waals surface area contributed by atoms with Crippen LogP contribution in [0.4, 0.5) is 11.4 Å². The fraction of sp³-hybridized carbons (Fsp3) is 0.278. The van der Waals surface area contributed by atoms with Gasteiger partial charge in [-0.2, -0.15) is 0 Å². The third-order valence-corrected chi connectivity index (χ3v) is 6.20. The van der Waals surface area contributed by atoms with E-state index >= 15 is 0 Å². The number of methoxy groups -OCH3 is 1. The highest BCUT2D eigenvalue weighted by Gasteiger charge is 2.27. The van der Waals surface area contributed by atoms with Gasteiger partial charge in [0.15, 0.2) is 0 Å². The van der Waals surface area contributed by atoms with Crippen LogP contribution < -0.4 is 13.9 Å². The molecule has 132 valence electrons. The van der Waals surface area contributed by atoms with Gasteiger partial charge in [0.25, 0.3) is 10.0 Å². The summed E-state index contributed by atoms with van der Waals surface area (Å²) in [4.78, 5) is 13.5. The van der Waals surface area contributed by atoms with E-state index in [-0.39, 0.29) is 10.8 Å². The SMILES string of the molecule is COc1ccc(N(C)S(=O)(=O)c2ccc3c(c2)CCN3C(C)=O)cc1. The van der Waals surface area contributed by atoms with Crippen molar-refractivity contribution in [3.63, 3.8) is 0 Å². The molecule has 3 rings (SSSR count). The number of amides is 1. The molecule has 0 saturated carbocycles. The summed E-state index contributed by atoms with van der Waals surface area (Å²) in [6.07, 6.45) is 0.657. The zero-order valence-corrected chi connectivity index (χ0v) is 15.2. The van der Waals surface area contributed by atoms with E-state index in [9.17, 15) is 13.2 Å². The van der Waals surface area contributed by atoms with Crippen LogP contribution >= 0.6 is 0 Å². The number of hydrogen-bond donors (Lipinski definition) is 0. The Morgan fingerprint density at radius 1 is 1.16 bits per heavy atom. The van der Waals surface area contributed by atoms with Gasteiger partial charge in [-0.1, -0.05) is 0 Å². The quantitative estimate of drug-likeness (QED) is 0.840. The van der Waals surface area contributed by atoms with E-state index in [1.165, 1.54) is 18.3 Å². The van der Waals surface area contributed by atoms with Crippen LogP contribution in [0, 0.1) is 0 Å². The Kier molecular flexibility index (Phi) is 4.43. The molecule has 0 aliphatic carbocycles. The minimum absolute atomic E-state index is 0.0373. The lowest BCUT2D eigenvalue weighted by molar-refractivity contribution is -0.116. The maximum Gasteiger partial charge on any atom is 0.264 e.